The Bertz CT molecular complexity index is 3020. The molecular formula is C70H94N12O12. The van der Waals surface area contributed by atoms with Crippen molar-refractivity contribution in [1.82, 2.24) is 60.5 Å². The van der Waals surface area contributed by atoms with E-state index < -0.39 is 70.9 Å². The van der Waals surface area contributed by atoms with E-state index in [1.165, 1.54) is 0 Å². The summed E-state index contributed by atoms with van der Waals surface area (Å²) in [5.74, 6) is -0.521. The first-order chi connectivity index (χ1) is 44.9. The first kappa shape index (κ1) is 68.2. The van der Waals surface area contributed by atoms with Gasteiger partial charge >= 0.3 is 36.4 Å². The number of rotatable bonds is 24. The summed E-state index contributed by atoms with van der Waals surface area (Å²) in [7, 11) is 0. The summed E-state index contributed by atoms with van der Waals surface area (Å²) in [6.45, 7) is 18.2. The lowest BCUT2D eigenvalue weighted by Gasteiger charge is -2.59. The molecule has 2 unspecified atom stereocenters. The summed E-state index contributed by atoms with van der Waals surface area (Å²) >= 11 is 0. The van der Waals surface area contributed by atoms with Gasteiger partial charge in [-0.15, -0.1) is 0 Å². The number of carbonyl (C=O) groups is 8. The van der Waals surface area contributed by atoms with Gasteiger partial charge in [-0.25, -0.2) is 28.8 Å². The van der Waals surface area contributed by atoms with E-state index in [2.05, 4.69) is 31.1 Å². The van der Waals surface area contributed by atoms with E-state index in [9.17, 15) is 28.8 Å². The Morgan fingerprint density at radius 2 is 0.670 bits per heavy atom. The molecule has 0 radical (unpaired) electrons. The van der Waals surface area contributed by atoms with Gasteiger partial charge in [-0.05, 0) is 142 Å². The van der Waals surface area contributed by atoms with Crippen molar-refractivity contribution in [3.63, 3.8) is 0 Å². The normalized spacial score (nSPS) is 20.0. The lowest BCUT2D eigenvalue weighted by molar-refractivity contribution is -0.159. The topological polar surface area (TPSA) is 248 Å². The molecule has 24 nitrogen and oxygen atoms in total. The third-order valence-corrected chi connectivity index (χ3v) is 19.1. The number of ether oxygens (including phenoxy) is 4. The molecule has 10 amide bonds. The third kappa shape index (κ3) is 16.1. The standard InChI is InChI=1S/C70H94N12O12/c1-67(2)37-53(38-68(3,4)81(67)59(83)55(73-63(87)93-43-51-29-17-11-18-30-51)33-21-23-35-71-61(85)91-41-49-25-13-9-14-26-49)75-45-77-57-58-79(65(77)89)47-76(48-80(58)66(90)78(57)46-75)54-39-69(5,6)82(70(7,8)40-54)60(84)56(74-64(88)94-44-52-31-19-12-20-32-52)34-22-24-36-72-62(86)92-42-50-27-15-10-16-28-50/h9-20,25-32,53-58H,21-24,33-48H2,1-8H3,(H,71,85)(H,72,86)(H,73,87)(H,74,88). The minimum Gasteiger partial charge on any atom is -0.445 e. The van der Waals surface area contributed by atoms with Crippen LogP contribution in [-0.4, -0.2) is 186 Å². The fourth-order valence-electron chi connectivity index (χ4n) is 15.4. The maximum absolute atomic E-state index is 15.1. The van der Waals surface area contributed by atoms with Crippen molar-refractivity contribution < 1.29 is 57.3 Å². The zero-order valence-electron chi connectivity index (χ0n) is 55.6. The van der Waals surface area contributed by atoms with Gasteiger partial charge in [0.15, 0.2) is 12.3 Å². The van der Waals surface area contributed by atoms with E-state index in [0.29, 0.717) is 64.5 Å². The molecule has 10 rings (SSSR count). The molecule has 4 N–H and O–H groups in total. The van der Waals surface area contributed by atoms with Gasteiger partial charge in [0.25, 0.3) is 0 Å². The van der Waals surface area contributed by atoms with E-state index >= 15 is 9.59 Å². The van der Waals surface area contributed by atoms with Gasteiger partial charge in [0.2, 0.25) is 11.8 Å². The van der Waals surface area contributed by atoms with Crippen molar-refractivity contribution in [3.8, 4) is 0 Å². The number of nitrogens with one attached hydrogen (secondary N) is 4. The van der Waals surface area contributed by atoms with Crippen LogP contribution in [0, 0.1) is 0 Å². The van der Waals surface area contributed by atoms with Crippen molar-refractivity contribution in [1.29, 1.82) is 0 Å². The Labute approximate surface area is 551 Å². The Morgan fingerprint density at radius 3 is 0.947 bits per heavy atom. The van der Waals surface area contributed by atoms with Crippen molar-refractivity contribution in [2.45, 2.75) is 205 Å². The quantitative estimate of drug-likeness (QED) is 0.0377. The molecule has 6 heterocycles. The Kier molecular flexibility index (Phi) is 21.3. The minimum atomic E-state index is -0.950. The van der Waals surface area contributed by atoms with Crippen LogP contribution >= 0.6 is 0 Å². The molecule has 4 aromatic carbocycles. The van der Waals surface area contributed by atoms with Crippen LogP contribution in [0.1, 0.15) is 142 Å². The van der Waals surface area contributed by atoms with E-state index in [0.717, 1.165) is 22.3 Å². The van der Waals surface area contributed by atoms with Crippen LogP contribution in [0.2, 0.25) is 0 Å². The lowest BCUT2D eigenvalue weighted by Crippen LogP contribution is -2.71. The molecular weight excluding hydrogens is 1200 g/mol. The van der Waals surface area contributed by atoms with Crippen LogP contribution in [0.4, 0.5) is 28.8 Å². The minimum absolute atomic E-state index is 0.0221. The second kappa shape index (κ2) is 29.3. The molecule has 6 aliphatic heterocycles. The molecule has 4 aromatic rings. The second-order valence-corrected chi connectivity index (χ2v) is 28.2. The number of urea groups is 2. The highest BCUT2D eigenvalue weighted by atomic mass is 16.6. The van der Waals surface area contributed by atoms with Crippen LogP contribution in [0.5, 0.6) is 0 Å². The van der Waals surface area contributed by atoms with Crippen LogP contribution in [0.15, 0.2) is 121 Å². The zero-order valence-corrected chi connectivity index (χ0v) is 55.6. The number of unbranched alkanes of at least 4 members (excludes halogenated alkanes) is 2. The number of carbonyl (C=O) groups excluding carboxylic acids is 8. The summed E-state index contributed by atoms with van der Waals surface area (Å²) in [5.41, 5.74) is 0.289. The predicted octanol–water partition coefficient (Wildman–Crippen LogP) is 9.45. The smallest absolute Gasteiger partial charge is 0.408 e. The van der Waals surface area contributed by atoms with Gasteiger partial charge in [0, 0.05) is 47.3 Å². The van der Waals surface area contributed by atoms with Gasteiger partial charge in [-0.3, -0.25) is 39.0 Å². The maximum Gasteiger partial charge on any atom is 0.408 e. The molecule has 6 saturated heterocycles. The van der Waals surface area contributed by atoms with Crippen LogP contribution < -0.4 is 21.3 Å². The van der Waals surface area contributed by atoms with Crippen LogP contribution in [0.25, 0.3) is 0 Å². The molecule has 0 spiro atoms. The average molecular weight is 1300 g/mol. The van der Waals surface area contributed by atoms with Gasteiger partial charge in [-0.1, -0.05) is 121 Å². The highest BCUT2D eigenvalue weighted by Crippen LogP contribution is 2.47. The van der Waals surface area contributed by atoms with E-state index in [1.54, 1.807) is 0 Å². The fraction of sp³-hybridized carbons (Fsp3) is 0.543. The maximum atomic E-state index is 15.1. The summed E-state index contributed by atoms with van der Waals surface area (Å²) in [6.07, 6.45) is 1.08. The van der Waals surface area contributed by atoms with Crippen molar-refractivity contribution >= 4 is 48.2 Å². The molecule has 6 aliphatic rings. The molecule has 24 heteroatoms. The van der Waals surface area contributed by atoms with Crippen LogP contribution in [-0.2, 0) is 55.0 Å². The fourth-order valence-corrected chi connectivity index (χ4v) is 15.4. The monoisotopic (exact) mass is 1290 g/mol. The first-order valence-corrected chi connectivity index (χ1v) is 33.0. The van der Waals surface area contributed by atoms with Crippen molar-refractivity contribution in [2.75, 3.05) is 39.8 Å². The van der Waals surface area contributed by atoms with Gasteiger partial charge < -0.3 is 50.0 Å². The number of piperidine rings is 2. The number of alkyl carbamates (subject to hydrolysis) is 4. The third-order valence-electron chi connectivity index (χ3n) is 19.1. The van der Waals surface area contributed by atoms with Gasteiger partial charge in [0.1, 0.15) is 38.5 Å². The Hall–Kier alpha value is -8.64. The summed E-state index contributed by atoms with van der Waals surface area (Å²) in [5, 5.41) is 11.4. The lowest BCUT2D eigenvalue weighted by atomic mass is 9.75. The highest BCUT2D eigenvalue weighted by Gasteiger charge is 2.65. The number of likely N-dealkylation sites (tertiary alicyclic amines) is 2. The number of amides is 10. The van der Waals surface area contributed by atoms with E-state index in [1.807, 2.05) is 206 Å². The first-order valence-electron chi connectivity index (χ1n) is 33.0. The number of hydrogen-bond acceptors (Lipinski definition) is 14. The molecule has 506 valence electrons. The Morgan fingerprint density at radius 1 is 0.404 bits per heavy atom. The average Bonchev–Trinajstić information content (AvgIpc) is 1.52. The number of benzene rings is 4. The number of hydrogen-bond donors (Lipinski definition) is 4. The Balaban J connectivity index is 0.764. The molecule has 2 atom stereocenters. The van der Waals surface area contributed by atoms with E-state index in [4.69, 9.17) is 18.9 Å². The molecule has 0 bridgehead atoms. The predicted molar refractivity (Wildman–Crippen MR) is 349 cm³/mol. The number of nitrogens with zero attached hydrogens (tertiary/aromatic N) is 8. The largest absolute Gasteiger partial charge is 0.445 e. The zero-order chi connectivity index (χ0) is 67.0. The molecule has 0 aromatic heterocycles. The van der Waals surface area contributed by atoms with E-state index in [-0.39, 0.29) is 102 Å². The van der Waals surface area contributed by atoms with Gasteiger partial charge in [0.05, 0.1) is 26.7 Å². The SMILES string of the molecule is CC1(C)CC(N2CN3C(=O)N4CN(C5CC(C)(C)N(C(=O)C(CCCCNC(=O)OCc6ccccc6)NC(=O)OCc6ccccc6)C(C)(C)C5)CN5C(=O)N(C2)C3C45)CC(C)(C)N1C(=O)C(CCCCNC(=O)OCc1ccccc1)NC(=O)OCc1ccccc1. The summed E-state index contributed by atoms with van der Waals surface area (Å²) in [4.78, 5) is 128. The molecule has 94 heavy (non-hydrogen) atoms. The van der Waals surface area contributed by atoms with Gasteiger partial charge in [-0.2, -0.15) is 0 Å². The summed E-state index contributed by atoms with van der Waals surface area (Å²) < 4.78 is 22.0. The van der Waals surface area contributed by atoms with Crippen LogP contribution in [0.3, 0.4) is 0 Å². The summed E-state index contributed by atoms with van der Waals surface area (Å²) in [6, 6.07) is 34.8. The molecule has 0 aliphatic carbocycles. The highest BCUT2D eigenvalue weighted by molar-refractivity contribution is 5.88. The second-order valence-electron chi connectivity index (χ2n) is 28.2. The molecule has 6 fully saturated rings. The molecule has 0 saturated carbocycles. The van der Waals surface area contributed by atoms with Crippen molar-refractivity contribution in [3.05, 3.63) is 144 Å². The van der Waals surface area contributed by atoms with Crippen molar-refractivity contribution in [2.24, 2.45) is 0 Å².